The van der Waals surface area contributed by atoms with Gasteiger partial charge in [0.05, 0.1) is 7.05 Å². The summed E-state index contributed by atoms with van der Waals surface area (Å²) in [5, 5.41) is 6.00. The van der Waals surface area contributed by atoms with Gasteiger partial charge in [0.25, 0.3) is 5.91 Å². The number of hydrogen-bond acceptors (Lipinski definition) is 2. The number of halogens is 1. The molecular weight excluding hydrogens is 314 g/mol. The molecule has 23 heavy (non-hydrogen) atoms. The molecule has 1 aliphatic rings. The zero-order valence-corrected chi connectivity index (χ0v) is 14.3. The summed E-state index contributed by atoms with van der Waals surface area (Å²) < 4.78 is 0. The van der Waals surface area contributed by atoms with Gasteiger partial charge in [-0.2, -0.15) is 0 Å². The van der Waals surface area contributed by atoms with E-state index >= 15 is 0 Å². The van der Waals surface area contributed by atoms with Crippen molar-refractivity contribution in [2.75, 3.05) is 13.6 Å². The highest BCUT2D eigenvalue weighted by Crippen LogP contribution is 2.17. The van der Waals surface area contributed by atoms with Gasteiger partial charge in [-0.15, -0.1) is 0 Å². The van der Waals surface area contributed by atoms with Crippen LogP contribution in [-0.4, -0.2) is 31.6 Å². The van der Waals surface area contributed by atoms with Crippen molar-refractivity contribution in [3.63, 3.8) is 0 Å². The maximum atomic E-state index is 11.9. The molecule has 0 bridgehead atoms. The lowest BCUT2D eigenvalue weighted by Gasteiger charge is -2.22. The minimum absolute atomic E-state index is 0.204. The molecule has 126 valence electrons. The quantitative estimate of drug-likeness (QED) is 0.762. The Hall–Kier alpha value is -1.59. The summed E-state index contributed by atoms with van der Waals surface area (Å²) in [5.41, 5.74) is 1.10. The third-order valence-electron chi connectivity index (χ3n) is 4.07. The Labute approximate surface area is 142 Å². The Bertz CT molecular complexity index is 527. The van der Waals surface area contributed by atoms with E-state index < -0.39 is 0 Å². The lowest BCUT2D eigenvalue weighted by Crippen LogP contribution is -3.09. The Morgan fingerprint density at radius 3 is 2.48 bits per heavy atom. The minimum atomic E-state index is -0.374. The largest absolute Gasteiger partial charge is 0.335 e. The van der Waals surface area contributed by atoms with Gasteiger partial charge in [0.15, 0.2) is 6.54 Å². The number of amides is 3. The van der Waals surface area contributed by atoms with Crippen LogP contribution in [0.4, 0.5) is 4.79 Å². The first kappa shape index (κ1) is 17.8. The number of imide groups is 1. The highest BCUT2D eigenvalue weighted by Gasteiger charge is 2.18. The van der Waals surface area contributed by atoms with Crippen LogP contribution in [0.5, 0.6) is 0 Å². The maximum absolute atomic E-state index is 11.9. The predicted octanol–water partition coefficient (Wildman–Crippen LogP) is 1.51. The van der Waals surface area contributed by atoms with E-state index in [4.69, 9.17) is 11.6 Å². The number of benzene rings is 1. The first-order chi connectivity index (χ1) is 11.0. The molecule has 0 radical (unpaired) electrons. The van der Waals surface area contributed by atoms with Crippen LogP contribution in [0.2, 0.25) is 5.02 Å². The second-order valence-electron chi connectivity index (χ2n) is 6.29. The van der Waals surface area contributed by atoms with Crippen molar-refractivity contribution in [2.45, 2.75) is 44.7 Å². The lowest BCUT2D eigenvalue weighted by molar-refractivity contribution is -0.885. The van der Waals surface area contributed by atoms with Gasteiger partial charge in [-0.1, -0.05) is 43.0 Å². The average molecular weight is 339 g/mol. The van der Waals surface area contributed by atoms with Crippen molar-refractivity contribution in [1.29, 1.82) is 0 Å². The fraction of sp³-hybridized carbons (Fsp3) is 0.529. The molecule has 1 aliphatic carbocycles. The van der Waals surface area contributed by atoms with E-state index in [9.17, 15) is 9.59 Å². The van der Waals surface area contributed by atoms with Crippen LogP contribution >= 0.6 is 11.6 Å². The second kappa shape index (κ2) is 8.89. The normalized spacial score (nSPS) is 16.6. The first-order valence-electron chi connectivity index (χ1n) is 8.19. The molecule has 1 unspecified atom stereocenters. The van der Waals surface area contributed by atoms with Crippen LogP contribution in [-0.2, 0) is 11.3 Å². The van der Waals surface area contributed by atoms with Gasteiger partial charge in [0, 0.05) is 16.6 Å². The van der Waals surface area contributed by atoms with Crippen LogP contribution in [0.15, 0.2) is 24.3 Å². The number of likely N-dealkylation sites (N-methyl/N-ethyl adjacent to an activating group) is 1. The van der Waals surface area contributed by atoms with Gasteiger partial charge in [0.1, 0.15) is 6.54 Å². The standard InChI is InChI=1S/C17H24ClN3O2/c1-21(11-13-7-9-14(18)10-8-13)12-16(22)20-17(23)19-15-5-3-2-4-6-15/h7-10,15H,2-6,11-12H2,1H3,(H2,19,20,22,23)/p+1. The molecule has 1 atom stereocenters. The monoisotopic (exact) mass is 338 g/mol. The molecule has 0 spiro atoms. The molecule has 0 saturated heterocycles. The molecule has 0 aliphatic heterocycles. The average Bonchev–Trinajstić information content (AvgIpc) is 2.50. The number of rotatable bonds is 5. The topological polar surface area (TPSA) is 62.6 Å². The van der Waals surface area contributed by atoms with Crippen molar-refractivity contribution in [1.82, 2.24) is 10.6 Å². The Morgan fingerprint density at radius 1 is 1.17 bits per heavy atom. The number of carbonyl (C=O) groups excluding carboxylic acids is 2. The van der Waals surface area contributed by atoms with Crippen molar-refractivity contribution in [2.24, 2.45) is 0 Å². The Kier molecular flexibility index (Phi) is 6.86. The summed E-state index contributed by atoms with van der Waals surface area (Å²) in [5.74, 6) is -0.259. The van der Waals surface area contributed by atoms with E-state index in [1.807, 2.05) is 31.3 Å². The summed E-state index contributed by atoms with van der Waals surface area (Å²) in [7, 11) is 1.92. The summed E-state index contributed by atoms with van der Waals surface area (Å²) in [6, 6.07) is 7.39. The molecule has 1 aromatic carbocycles. The highest BCUT2D eigenvalue weighted by molar-refractivity contribution is 6.30. The summed E-state index contributed by atoms with van der Waals surface area (Å²) in [6.45, 7) is 0.954. The van der Waals surface area contributed by atoms with Crippen molar-refractivity contribution < 1.29 is 14.5 Å². The zero-order valence-electron chi connectivity index (χ0n) is 13.5. The second-order valence-corrected chi connectivity index (χ2v) is 6.73. The number of hydrogen-bond donors (Lipinski definition) is 3. The van der Waals surface area contributed by atoms with Gasteiger partial charge in [-0.05, 0) is 25.0 Å². The molecule has 6 heteroatoms. The van der Waals surface area contributed by atoms with Crippen LogP contribution in [0.3, 0.4) is 0 Å². The van der Waals surface area contributed by atoms with E-state index in [0.717, 1.165) is 36.1 Å². The molecule has 1 aromatic rings. The van der Waals surface area contributed by atoms with E-state index in [2.05, 4.69) is 10.6 Å². The molecule has 3 amide bonds. The van der Waals surface area contributed by atoms with Gasteiger partial charge >= 0.3 is 6.03 Å². The summed E-state index contributed by atoms with van der Waals surface area (Å²) >= 11 is 5.85. The van der Waals surface area contributed by atoms with E-state index in [1.165, 1.54) is 6.42 Å². The number of quaternary nitrogens is 1. The minimum Gasteiger partial charge on any atom is -0.335 e. The number of carbonyl (C=O) groups is 2. The Morgan fingerprint density at radius 2 is 1.83 bits per heavy atom. The van der Waals surface area contributed by atoms with Crippen molar-refractivity contribution in [3.05, 3.63) is 34.9 Å². The van der Waals surface area contributed by atoms with E-state index in [1.54, 1.807) is 0 Å². The van der Waals surface area contributed by atoms with Crippen molar-refractivity contribution in [3.8, 4) is 0 Å². The first-order valence-corrected chi connectivity index (χ1v) is 8.57. The van der Waals surface area contributed by atoms with Gasteiger partial charge in [0.2, 0.25) is 0 Å². The van der Waals surface area contributed by atoms with Gasteiger partial charge in [-0.25, -0.2) is 4.79 Å². The van der Waals surface area contributed by atoms with Crippen LogP contribution in [0, 0.1) is 0 Å². The van der Waals surface area contributed by atoms with Crippen LogP contribution in [0.1, 0.15) is 37.7 Å². The third kappa shape index (κ3) is 6.59. The molecular formula is C17H25ClN3O2+. The molecule has 1 fully saturated rings. The molecule has 1 saturated carbocycles. The van der Waals surface area contributed by atoms with Crippen LogP contribution < -0.4 is 15.5 Å². The zero-order chi connectivity index (χ0) is 16.7. The van der Waals surface area contributed by atoms with E-state index in [0.29, 0.717) is 11.6 Å². The summed E-state index contributed by atoms with van der Waals surface area (Å²) in [4.78, 5) is 24.8. The third-order valence-corrected chi connectivity index (χ3v) is 4.33. The molecule has 3 N–H and O–H groups in total. The van der Waals surface area contributed by atoms with Gasteiger partial charge < -0.3 is 10.2 Å². The lowest BCUT2D eigenvalue weighted by atomic mass is 9.96. The molecule has 0 heterocycles. The van der Waals surface area contributed by atoms with Crippen LogP contribution in [0.25, 0.3) is 0 Å². The van der Waals surface area contributed by atoms with E-state index in [-0.39, 0.29) is 24.5 Å². The fourth-order valence-corrected chi connectivity index (χ4v) is 3.05. The molecule has 0 aromatic heterocycles. The Balaban J connectivity index is 1.70. The summed E-state index contributed by atoms with van der Waals surface area (Å²) in [6.07, 6.45) is 5.53. The SMILES string of the molecule is C[NH+](CC(=O)NC(=O)NC1CCCCC1)Cc1ccc(Cl)cc1. The molecule has 5 nitrogen and oxygen atoms in total. The van der Waals surface area contributed by atoms with Gasteiger partial charge in [-0.3, -0.25) is 10.1 Å². The van der Waals surface area contributed by atoms with Crippen molar-refractivity contribution >= 4 is 23.5 Å². The highest BCUT2D eigenvalue weighted by atomic mass is 35.5. The smallest absolute Gasteiger partial charge is 0.321 e. The number of urea groups is 1. The molecule has 2 rings (SSSR count). The predicted molar refractivity (Wildman–Crippen MR) is 90.5 cm³/mol. The number of nitrogens with one attached hydrogen (secondary N) is 3. The fourth-order valence-electron chi connectivity index (χ4n) is 2.93. The maximum Gasteiger partial charge on any atom is 0.321 e.